The van der Waals surface area contributed by atoms with Crippen molar-refractivity contribution in [2.75, 3.05) is 6.54 Å². The van der Waals surface area contributed by atoms with Crippen LogP contribution < -0.4 is 5.32 Å². The zero-order chi connectivity index (χ0) is 12.8. The highest BCUT2D eigenvalue weighted by Gasteiger charge is 2.16. The topological polar surface area (TPSA) is 66.4 Å². The molecule has 0 aliphatic carbocycles. The lowest BCUT2D eigenvalue weighted by Crippen LogP contribution is -2.32. The van der Waals surface area contributed by atoms with E-state index in [1.165, 1.54) is 0 Å². The number of hydrogen-bond donors (Lipinski definition) is 2. The molecule has 4 nitrogen and oxygen atoms in total. The van der Waals surface area contributed by atoms with Gasteiger partial charge in [0.25, 0.3) is 5.91 Å². The number of aliphatic carboxylic acids is 1. The van der Waals surface area contributed by atoms with Crippen LogP contribution in [0.2, 0.25) is 0 Å². The Morgan fingerprint density at radius 1 is 1.47 bits per heavy atom. The van der Waals surface area contributed by atoms with Crippen LogP contribution in [0, 0.1) is 5.92 Å². The number of rotatable bonds is 5. The lowest BCUT2D eigenvalue weighted by Gasteiger charge is -2.11. The first-order valence-electron chi connectivity index (χ1n) is 5.31. The van der Waals surface area contributed by atoms with E-state index in [9.17, 15) is 9.59 Å². The first-order valence-corrected chi connectivity index (χ1v) is 6.10. The highest BCUT2D eigenvalue weighted by Crippen LogP contribution is 2.11. The number of carbonyl (C=O) groups is 2. The van der Waals surface area contributed by atoms with Gasteiger partial charge in [-0.15, -0.1) is 0 Å². The van der Waals surface area contributed by atoms with Gasteiger partial charge in [-0.3, -0.25) is 9.59 Å². The first-order chi connectivity index (χ1) is 8.04. The standard InChI is InChI=1S/C12H14BrNO3/c1-2-8(12(16)17)7-14-11(15)9-4-3-5-10(13)6-9/h3-6,8H,2,7H2,1H3,(H,14,15)(H,16,17). The molecule has 0 aromatic heterocycles. The van der Waals surface area contributed by atoms with Gasteiger partial charge in [-0.25, -0.2) is 0 Å². The summed E-state index contributed by atoms with van der Waals surface area (Å²) >= 11 is 3.27. The quantitative estimate of drug-likeness (QED) is 0.877. The Bertz CT molecular complexity index is 420. The summed E-state index contributed by atoms with van der Waals surface area (Å²) in [7, 11) is 0. The van der Waals surface area contributed by atoms with E-state index >= 15 is 0 Å². The largest absolute Gasteiger partial charge is 0.481 e. The number of carbonyl (C=O) groups excluding carboxylic acids is 1. The summed E-state index contributed by atoms with van der Waals surface area (Å²) in [5.41, 5.74) is 0.514. The Labute approximate surface area is 108 Å². The van der Waals surface area contributed by atoms with Crippen molar-refractivity contribution in [2.45, 2.75) is 13.3 Å². The van der Waals surface area contributed by atoms with Crippen LogP contribution in [0.5, 0.6) is 0 Å². The second kappa shape index (κ2) is 6.39. The Kier molecular flexibility index (Phi) is 5.15. The highest BCUT2D eigenvalue weighted by atomic mass is 79.9. The minimum atomic E-state index is -0.887. The summed E-state index contributed by atoms with van der Waals surface area (Å²) in [6.45, 7) is 1.93. The van der Waals surface area contributed by atoms with Gasteiger partial charge >= 0.3 is 5.97 Å². The number of nitrogens with one attached hydrogen (secondary N) is 1. The molecular formula is C12H14BrNO3. The zero-order valence-electron chi connectivity index (χ0n) is 9.44. The molecular weight excluding hydrogens is 286 g/mol. The Balaban J connectivity index is 2.58. The van der Waals surface area contributed by atoms with Crippen molar-refractivity contribution in [3.8, 4) is 0 Å². The summed E-state index contributed by atoms with van der Waals surface area (Å²) in [5, 5.41) is 11.5. The van der Waals surface area contributed by atoms with E-state index in [0.29, 0.717) is 12.0 Å². The lowest BCUT2D eigenvalue weighted by molar-refractivity contribution is -0.141. The summed E-state index contributed by atoms with van der Waals surface area (Å²) < 4.78 is 0.815. The lowest BCUT2D eigenvalue weighted by atomic mass is 10.1. The molecule has 0 fully saturated rings. The van der Waals surface area contributed by atoms with Gasteiger partial charge in [-0.2, -0.15) is 0 Å². The molecule has 1 amide bonds. The molecule has 1 unspecified atom stereocenters. The molecule has 17 heavy (non-hydrogen) atoms. The van der Waals surface area contributed by atoms with Crippen molar-refractivity contribution < 1.29 is 14.7 Å². The molecule has 1 atom stereocenters. The van der Waals surface area contributed by atoms with Crippen molar-refractivity contribution in [3.63, 3.8) is 0 Å². The Morgan fingerprint density at radius 3 is 2.71 bits per heavy atom. The average Bonchev–Trinajstić information content (AvgIpc) is 2.29. The molecule has 5 heteroatoms. The van der Waals surface area contributed by atoms with Crippen LogP contribution in [0.1, 0.15) is 23.7 Å². The minimum absolute atomic E-state index is 0.150. The van der Waals surface area contributed by atoms with Crippen molar-refractivity contribution in [2.24, 2.45) is 5.92 Å². The van der Waals surface area contributed by atoms with Gasteiger partial charge in [-0.1, -0.05) is 28.9 Å². The fraction of sp³-hybridized carbons (Fsp3) is 0.333. The fourth-order valence-corrected chi connectivity index (χ4v) is 1.75. The van der Waals surface area contributed by atoms with E-state index < -0.39 is 11.9 Å². The maximum absolute atomic E-state index is 11.7. The number of benzene rings is 1. The molecule has 0 aliphatic heterocycles. The molecule has 1 aromatic rings. The second-order valence-electron chi connectivity index (χ2n) is 3.66. The van der Waals surface area contributed by atoms with E-state index in [4.69, 9.17) is 5.11 Å². The SMILES string of the molecule is CCC(CNC(=O)c1cccc(Br)c1)C(=O)O. The van der Waals surface area contributed by atoms with Crippen molar-refractivity contribution >= 4 is 27.8 Å². The van der Waals surface area contributed by atoms with Crippen LogP contribution in [0.25, 0.3) is 0 Å². The molecule has 1 rings (SSSR count). The van der Waals surface area contributed by atoms with Crippen LogP contribution in [-0.2, 0) is 4.79 Å². The average molecular weight is 300 g/mol. The molecule has 0 saturated heterocycles. The van der Waals surface area contributed by atoms with E-state index in [0.717, 1.165) is 4.47 Å². The summed E-state index contributed by atoms with van der Waals surface area (Å²) in [6, 6.07) is 6.95. The fourth-order valence-electron chi connectivity index (χ4n) is 1.35. The third-order valence-electron chi connectivity index (χ3n) is 2.44. The summed E-state index contributed by atoms with van der Waals surface area (Å²) in [6.07, 6.45) is 0.494. The summed E-state index contributed by atoms with van der Waals surface area (Å²) in [5.74, 6) is -1.68. The minimum Gasteiger partial charge on any atom is -0.481 e. The highest BCUT2D eigenvalue weighted by molar-refractivity contribution is 9.10. The molecule has 0 saturated carbocycles. The number of hydrogen-bond acceptors (Lipinski definition) is 2. The van der Waals surface area contributed by atoms with Crippen molar-refractivity contribution in [1.82, 2.24) is 5.32 Å². The van der Waals surface area contributed by atoms with Crippen LogP contribution in [0.15, 0.2) is 28.7 Å². The van der Waals surface area contributed by atoms with Crippen molar-refractivity contribution in [3.05, 3.63) is 34.3 Å². The Morgan fingerprint density at radius 2 is 2.18 bits per heavy atom. The van der Waals surface area contributed by atoms with E-state index in [2.05, 4.69) is 21.2 Å². The van der Waals surface area contributed by atoms with E-state index in [1.807, 2.05) is 6.07 Å². The second-order valence-corrected chi connectivity index (χ2v) is 4.58. The van der Waals surface area contributed by atoms with Gasteiger partial charge in [-0.05, 0) is 24.6 Å². The van der Waals surface area contributed by atoms with Crippen LogP contribution in [-0.4, -0.2) is 23.5 Å². The molecule has 92 valence electrons. The number of halogens is 1. The first kappa shape index (κ1) is 13.7. The normalized spacial score (nSPS) is 11.9. The van der Waals surface area contributed by atoms with Gasteiger partial charge in [0, 0.05) is 16.6 Å². The molecule has 0 radical (unpaired) electrons. The predicted molar refractivity (Wildman–Crippen MR) is 67.9 cm³/mol. The predicted octanol–water partition coefficient (Wildman–Crippen LogP) is 2.29. The number of carboxylic acid groups (broad SMARTS) is 1. The third-order valence-corrected chi connectivity index (χ3v) is 2.93. The van der Waals surface area contributed by atoms with Gasteiger partial charge in [0.1, 0.15) is 0 Å². The molecule has 0 aliphatic rings. The van der Waals surface area contributed by atoms with Gasteiger partial charge in [0.05, 0.1) is 5.92 Å². The van der Waals surface area contributed by atoms with E-state index in [-0.39, 0.29) is 12.5 Å². The Hall–Kier alpha value is -1.36. The van der Waals surface area contributed by atoms with Crippen LogP contribution >= 0.6 is 15.9 Å². The molecule has 0 bridgehead atoms. The molecule has 1 aromatic carbocycles. The van der Waals surface area contributed by atoms with Gasteiger partial charge in [0.2, 0.25) is 0 Å². The van der Waals surface area contributed by atoms with E-state index in [1.54, 1.807) is 25.1 Å². The zero-order valence-corrected chi connectivity index (χ0v) is 11.0. The van der Waals surface area contributed by atoms with Crippen LogP contribution in [0.3, 0.4) is 0 Å². The van der Waals surface area contributed by atoms with Gasteiger partial charge < -0.3 is 10.4 Å². The molecule has 2 N–H and O–H groups in total. The summed E-state index contributed by atoms with van der Waals surface area (Å²) in [4.78, 5) is 22.5. The van der Waals surface area contributed by atoms with Gasteiger partial charge in [0.15, 0.2) is 0 Å². The third kappa shape index (κ3) is 4.19. The molecule has 0 spiro atoms. The maximum Gasteiger partial charge on any atom is 0.308 e. The van der Waals surface area contributed by atoms with Crippen molar-refractivity contribution in [1.29, 1.82) is 0 Å². The number of amides is 1. The molecule has 0 heterocycles. The van der Waals surface area contributed by atoms with Crippen LogP contribution in [0.4, 0.5) is 0 Å². The maximum atomic E-state index is 11.7. The monoisotopic (exact) mass is 299 g/mol. The number of carboxylic acids is 1. The smallest absolute Gasteiger partial charge is 0.308 e.